The maximum absolute atomic E-state index is 11.7. The van der Waals surface area contributed by atoms with Crippen LogP contribution >= 0.6 is 0 Å². The largest absolute Gasteiger partial charge is 0.393 e. The van der Waals surface area contributed by atoms with Gasteiger partial charge in [0.25, 0.3) is 5.56 Å². The number of H-pyrrole nitrogens is 1. The number of nitrogens with one attached hydrogen (secondary N) is 1. The van der Waals surface area contributed by atoms with Gasteiger partial charge in [-0.2, -0.15) is 0 Å². The van der Waals surface area contributed by atoms with Crippen LogP contribution in [0.1, 0.15) is 25.7 Å². The highest BCUT2D eigenvalue weighted by Crippen LogP contribution is 2.14. The lowest BCUT2D eigenvalue weighted by Gasteiger charge is -2.06. The third kappa shape index (κ3) is 3.28. The first-order valence-electron chi connectivity index (χ1n) is 7.33. The van der Waals surface area contributed by atoms with Crippen molar-refractivity contribution in [2.75, 3.05) is 18.9 Å². The molecule has 0 aromatic carbocycles. The maximum Gasteiger partial charge on any atom is 0.277 e. The van der Waals surface area contributed by atoms with Crippen molar-refractivity contribution in [1.29, 1.82) is 0 Å². The minimum Gasteiger partial charge on any atom is -0.393 e. The molecule has 0 spiro atoms. The number of aromatic amines is 1. The minimum absolute atomic E-state index is 0.277. The predicted molar refractivity (Wildman–Crippen MR) is 82.6 cm³/mol. The standard InChI is InChI=1S/C14H19N5O3/c15-12-7-11-13(14(20)17-12)16-8-19(11)9-21-5-6-22-18-10-3-1-2-4-10/h7-8H,1-6,9H2,(H3,15,17,20). The molecule has 0 unspecified atom stereocenters. The predicted octanol–water partition coefficient (Wildman–Crippen LogP) is 1.23. The molecule has 0 atom stereocenters. The number of rotatable bonds is 6. The van der Waals surface area contributed by atoms with Gasteiger partial charge in [0.2, 0.25) is 0 Å². The third-order valence-corrected chi connectivity index (χ3v) is 3.57. The molecular weight excluding hydrogens is 286 g/mol. The number of aromatic nitrogens is 3. The number of anilines is 1. The summed E-state index contributed by atoms with van der Waals surface area (Å²) in [5.74, 6) is 0.301. The van der Waals surface area contributed by atoms with Crippen LogP contribution in [0.15, 0.2) is 22.3 Å². The molecule has 3 rings (SSSR count). The fourth-order valence-electron chi connectivity index (χ4n) is 2.46. The lowest BCUT2D eigenvalue weighted by molar-refractivity contribution is 0.0218. The molecule has 2 aromatic rings. The average molecular weight is 305 g/mol. The summed E-state index contributed by atoms with van der Waals surface area (Å²) in [6.07, 6.45) is 6.04. The summed E-state index contributed by atoms with van der Waals surface area (Å²) in [6, 6.07) is 1.66. The van der Waals surface area contributed by atoms with Crippen molar-refractivity contribution in [3.63, 3.8) is 0 Å². The average Bonchev–Trinajstić information content (AvgIpc) is 3.12. The second-order valence-electron chi connectivity index (χ2n) is 5.24. The molecule has 8 nitrogen and oxygen atoms in total. The summed E-state index contributed by atoms with van der Waals surface area (Å²) in [4.78, 5) is 23.5. The highest BCUT2D eigenvalue weighted by molar-refractivity contribution is 5.85. The highest BCUT2D eigenvalue weighted by atomic mass is 16.6. The molecular formula is C14H19N5O3. The fraction of sp³-hybridized carbons (Fsp3) is 0.500. The number of ether oxygens (including phenoxy) is 1. The first-order valence-corrected chi connectivity index (χ1v) is 7.33. The molecule has 0 saturated heterocycles. The van der Waals surface area contributed by atoms with Gasteiger partial charge in [0.05, 0.1) is 24.2 Å². The van der Waals surface area contributed by atoms with Crippen LogP contribution in [0.3, 0.4) is 0 Å². The molecule has 118 valence electrons. The van der Waals surface area contributed by atoms with Crippen molar-refractivity contribution in [1.82, 2.24) is 14.5 Å². The van der Waals surface area contributed by atoms with Gasteiger partial charge < -0.3 is 24.9 Å². The summed E-state index contributed by atoms with van der Waals surface area (Å²) >= 11 is 0. The van der Waals surface area contributed by atoms with Crippen LogP contribution in [0.4, 0.5) is 5.82 Å². The van der Waals surface area contributed by atoms with E-state index in [2.05, 4.69) is 15.1 Å². The van der Waals surface area contributed by atoms with E-state index in [0.717, 1.165) is 18.6 Å². The molecule has 22 heavy (non-hydrogen) atoms. The Balaban J connectivity index is 1.49. The topological polar surface area (TPSA) is 108 Å². The first-order chi connectivity index (χ1) is 10.7. The van der Waals surface area contributed by atoms with Crippen LogP contribution in [0.2, 0.25) is 0 Å². The molecule has 0 radical (unpaired) electrons. The summed E-state index contributed by atoms with van der Waals surface area (Å²) in [7, 11) is 0. The van der Waals surface area contributed by atoms with Crippen molar-refractivity contribution >= 4 is 22.6 Å². The maximum atomic E-state index is 11.7. The molecule has 1 saturated carbocycles. The van der Waals surface area contributed by atoms with Gasteiger partial charge in [0, 0.05) is 6.07 Å². The van der Waals surface area contributed by atoms with E-state index in [-0.39, 0.29) is 12.3 Å². The molecule has 2 heterocycles. The van der Waals surface area contributed by atoms with Gasteiger partial charge in [-0.25, -0.2) is 4.98 Å². The van der Waals surface area contributed by atoms with Crippen LogP contribution in [-0.4, -0.2) is 33.5 Å². The monoisotopic (exact) mass is 305 g/mol. The quantitative estimate of drug-likeness (QED) is 0.616. The van der Waals surface area contributed by atoms with Gasteiger partial charge >= 0.3 is 0 Å². The third-order valence-electron chi connectivity index (χ3n) is 3.57. The smallest absolute Gasteiger partial charge is 0.277 e. The van der Waals surface area contributed by atoms with Crippen LogP contribution in [0.5, 0.6) is 0 Å². The minimum atomic E-state index is -0.301. The number of nitrogen functional groups attached to an aromatic ring is 1. The number of nitrogens with two attached hydrogens (primary N) is 1. The van der Waals surface area contributed by atoms with E-state index in [1.165, 1.54) is 12.8 Å². The van der Waals surface area contributed by atoms with Gasteiger partial charge in [0.1, 0.15) is 19.2 Å². The van der Waals surface area contributed by atoms with Gasteiger partial charge in [0.15, 0.2) is 5.52 Å². The molecule has 2 aromatic heterocycles. The van der Waals surface area contributed by atoms with E-state index in [1.54, 1.807) is 17.0 Å². The summed E-state index contributed by atoms with van der Waals surface area (Å²) in [5, 5.41) is 4.09. The van der Waals surface area contributed by atoms with Gasteiger partial charge in [-0.3, -0.25) is 4.79 Å². The number of imidazole rings is 1. The van der Waals surface area contributed by atoms with Gasteiger partial charge in [-0.05, 0) is 25.7 Å². The number of fused-ring (bicyclic) bond motifs is 1. The molecule has 0 bridgehead atoms. The molecule has 1 fully saturated rings. The van der Waals surface area contributed by atoms with E-state index in [0.29, 0.717) is 30.1 Å². The lowest BCUT2D eigenvalue weighted by Crippen LogP contribution is -2.10. The molecule has 1 aliphatic carbocycles. The van der Waals surface area contributed by atoms with Crippen molar-refractivity contribution in [3.8, 4) is 0 Å². The second kappa shape index (κ2) is 6.61. The SMILES string of the molecule is Nc1cc2c(ncn2COCCON=C2CCCC2)c(=O)[nH]1. The van der Waals surface area contributed by atoms with Crippen molar-refractivity contribution in [2.45, 2.75) is 32.4 Å². The molecule has 3 N–H and O–H groups in total. The van der Waals surface area contributed by atoms with Gasteiger partial charge in [-0.1, -0.05) is 5.16 Å². The van der Waals surface area contributed by atoms with E-state index >= 15 is 0 Å². The summed E-state index contributed by atoms with van der Waals surface area (Å²) < 4.78 is 7.23. The van der Waals surface area contributed by atoms with E-state index in [9.17, 15) is 4.79 Å². The Labute approximate surface area is 126 Å². The van der Waals surface area contributed by atoms with Crippen molar-refractivity contribution in [2.24, 2.45) is 5.16 Å². The number of pyridine rings is 1. The molecule has 1 aliphatic rings. The molecule has 0 amide bonds. The molecule has 8 heteroatoms. The van der Waals surface area contributed by atoms with Crippen LogP contribution in [0, 0.1) is 0 Å². The van der Waals surface area contributed by atoms with Crippen LogP contribution in [0.25, 0.3) is 11.0 Å². The zero-order chi connectivity index (χ0) is 15.4. The number of hydrogen-bond donors (Lipinski definition) is 2. The van der Waals surface area contributed by atoms with Crippen molar-refractivity contribution in [3.05, 3.63) is 22.7 Å². The van der Waals surface area contributed by atoms with Crippen LogP contribution < -0.4 is 11.3 Å². The Morgan fingerprint density at radius 2 is 2.18 bits per heavy atom. The summed E-state index contributed by atoms with van der Waals surface area (Å²) in [6.45, 7) is 1.09. The Hall–Kier alpha value is -2.35. The Morgan fingerprint density at radius 1 is 1.36 bits per heavy atom. The van der Waals surface area contributed by atoms with E-state index in [1.807, 2.05) is 0 Å². The van der Waals surface area contributed by atoms with E-state index in [4.69, 9.17) is 15.3 Å². The Bertz CT molecular complexity index is 726. The van der Waals surface area contributed by atoms with E-state index < -0.39 is 0 Å². The van der Waals surface area contributed by atoms with Crippen molar-refractivity contribution < 1.29 is 9.57 Å². The molecule has 0 aliphatic heterocycles. The second-order valence-corrected chi connectivity index (χ2v) is 5.24. The van der Waals surface area contributed by atoms with Crippen LogP contribution in [-0.2, 0) is 16.3 Å². The van der Waals surface area contributed by atoms with Gasteiger partial charge in [-0.15, -0.1) is 0 Å². The Kier molecular flexibility index (Phi) is 4.38. The zero-order valence-corrected chi connectivity index (χ0v) is 12.2. The summed E-state index contributed by atoms with van der Waals surface area (Å²) in [5.41, 5.74) is 7.46. The fourth-order valence-corrected chi connectivity index (χ4v) is 2.46. The first kappa shape index (κ1) is 14.6. The highest BCUT2D eigenvalue weighted by Gasteiger charge is 2.09. The Morgan fingerprint density at radius 3 is 3.00 bits per heavy atom. The normalized spacial score (nSPS) is 14.6. The number of oxime groups is 1. The lowest BCUT2D eigenvalue weighted by atomic mass is 10.3. The zero-order valence-electron chi connectivity index (χ0n) is 12.2. The number of nitrogens with zero attached hydrogens (tertiary/aromatic N) is 3. The number of hydrogen-bond acceptors (Lipinski definition) is 6.